The highest BCUT2D eigenvalue weighted by Crippen LogP contribution is 2.28. The van der Waals surface area contributed by atoms with Crippen LogP contribution < -0.4 is 10.6 Å². The number of carbonyl (C=O) groups is 3. The summed E-state index contributed by atoms with van der Waals surface area (Å²) in [5.74, 6) is -0.877. The predicted molar refractivity (Wildman–Crippen MR) is 112 cm³/mol. The summed E-state index contributed by atoms with van der Waals surface area (Å²) in [7, 11) is 0. The lowest BCUT2D eigenvalue weighted by Gasteiger charge is -2.22. The summed E-state index contributed by atoms with van der Waals surface area (Å²) in [5.41, 5.74) is 1.20. The summed E-state index contributed by atoms with van der Waals surface area (Å²) in [6.07, 6.45) is 3.05. The zero-order valence-electron chi connectivity index (χ0n) is 17.1. The van der Waals surface area contributed by atoms with Gasteiger partial charge in [-0.1, -0.05) is 42.5 Å². The Morgan fingerprint density at radius 3 is 2.48 bits per heavy atom. The molecule has 2 aromatic carbocycles. The van der Waals surface area contributed by atoms with Crippen molar-refractivity contribution in [3.8, 4) is 5.69 Å². The van der Waals surface area contributed by atoms with Gasteiger partial charge in [0.1, 0.15) is 24.7 Å². The first kappa shape index (κ1) is 20.3. The molecule has 4 rings (SSSR count). The van der Waals surface area contributed by atoms with Crippen LogP contribution in [0.15, 0.2) is 67.3 Å². The number of carbonyl (C=O) groups excluding carboxylic acids is 3. The van der Waals surface area contributed by atoms with Crippen LogP contribution in [0.1, 0.15) is 31.0 Å². The van der Waals surface area contributed by atoms with E-state index in [0.29, 0.717) is 5.56 Å². The first-order valence-corrected chi connectivity index (χ1v) is 9.82. The first-order valence-electron chi connectivity index (χ1n) is 9.82. The maximum absolute atomic E-state index is 12.9. The van der Waals surface area contributed by atoms with E-state index in [4.69, 9.17) is 0 Å². The van der Waals surface area contributed by atoms with E-state index in [0.717, 1.165) is 16.2 Å². The Labute approximate surface area is 179 Å². The van der Waals surface area contributed by atoms with Crippen LogP contribution >= 0.6 is 0 Å². The predicted octanol–water partition coefficient (Wildman–Crippen LogP) is 1.91. The van der Waals surface area contributed by atoms with Crippen LogP contribution in [0.2, 0.25) is 0 Å². The molecule has 2 N–H and O–H groups in total. The summed E-state index contributed by atoms with van der Waals surface area (Å²) in [5, 5.41) is 9.61. The molecule has 9 nitrogen and oxygen atoms in total. The van der Waals surface area contributed by atoms with Crippen molar-refractivity contribution in [2.45, 2.75) is 25.4 Å². The molecule has 4 amide bonds. The third-order valence-electron chi connectivity index (χ3n) is 5.38. The second-order valence-corrected chi connectivity index (χ2v) is 7.53. The third-order valence-corrected chi connectivity index (χ3v) is 5.38. The van der Waals surface area contributed by atoms with Gasteiger partial charge in [-0.05, 0) is 37.1 Å². The molecule has 158 valence electrons. The van der Waals surface area contributed by atoms with Crippen molar-refractivity contribution in [2.24, 2.45) is 0 Å². The fourth-order valence-electron chi connectivity index (χ4n) is 3.58. The number of aromatic nitrogens is 3. The second-order valence-electron chi connectivity index (χ2n) is 7.53. The smallest absolute Gasteiger partial charge is 0.325 e. The molecule has 9 heteroatoms. The Bertz CT molecular complexity index is 1100. The van der Waals surface area contributed by atoms with Crippen LogP contribution in [-0.2, 0) is 15.1 Å². The number of nitrogens with zero attached hydrogens (tertiary/aromatic N) is 4. The first-order chi connectivity index (χ1) is 14.9. The number of imide groups is 1. The Morgan fingerprint density at radius 2 is 1.84 bits per heavy atom. The van der Waals surface area contributed by atoms with Crippen molar-refractivity contribution in [3.63, 3.8) is 0 Å². The molecule has 1 aliphatic heterocycles. The van der Waals surface area contributed by atoms with E-state index in [9.17, 15) is 14.4 Å². The fraction of sp³-hybridized carbons (Fsp3) is 0.227. The minimum absolute atomic E-state index is 0.307. The highest BCUT2D eigenvalue weighted by molar-refractivity contribution is 6.09. The van der Waals surface area contributed by atoms with E-state index in [2.05, 4.69) is 20.7 Å². The summed E-state index contributed by atoms with van der Waals surface area (Å²) in [6.45, 7) is 3.12. The molecule has 1 saturated heterocycles. The lowest BCUT2D eigenvalue weighted by atomic mass is 9.92. The summed E-state index contributed by atoms with van der Waals surface area (Å²) >= 11 is 0. The van der Waals surface area contributed by atoms with Gasteiger partial charge in [0.15, 0.2) is 0 Å². The van der Waals surface area contributed by atoms with Crippen LogP contribution in [0.3, 0.4) is 0 Å². The molecular formula is C22H22N6O3. The fourth-order valence-corrected chi connectivity index (χ4v) is 3.58. The van der Waals surface area contributed by atoms with Gasteiger partial charge in [-0.25, -0.2) is 14.5 Å². The molecule has 3 aromatic rings. The zero-order chi connectivity index (χ0) is 22.0. The van der Waals surface area contributed by atoms with Crippen LogP contribution in [-0.4, -0.2) is 44.1 Å². The molecule has 0 aliphatic carbocycles. The number of benzene rings is 2. The number of hydrogen-bond donors (Lipinski definition) is 2. The Morgan fingerprint density at radius 1 is 1.13 bits per heavy atom. The highest BCUT2D eigenvalue weighted by Gasteiger charge is 2.49. The van der Waals surface area contributed by atoms with E-state index < -0.39 is 23.4 Å². The van der Waals surface area contributed by atoms with Gasteiger partial charge in [-0.15, -0.1) is 0 Å². The Kier molecular flexibility index (Phi) is 5.24. The molecule has 2 atom stereocenters. The summed E-state index contributed by atoms with van der Waals surface area (Å²) in [6, 6.07) is 15.6. The molecule has 2 heterocycles. The SMILES string of the molecule is C[C@@H](NC(=O)CN1C(=O)N[C@](C)(c2ccccc2)C1=O)c1ccc(-n2cncn2)cc1. The highest BCUT2D eigenvalue weighted by atomic mass is 16.2. The minimum Gasteiger partial charge on any atom is -0.348 e. The largest absolute Gasteiger partial charge is 0.348 e. The molecule has 0 radical (unpaired) electrons. The van der Waals surface area contributed by atoms with E-state index >= 15 is 0 Å². The number of hydrogen-bond acceptors (Lipinski definition) is 5. The molecule has 1 fully saturated rings. The number of nitrogens with one attached hydrogen (secondary N) is 2. The molecular weight excluding hydrogens is 396 g/mol. The van der Waals surface area contributed by atoms with Crippen molar-refractivity contribution in [1.82, 2.24) is 30.3 Å². The summed E-state index contributed by atoms with van der Waals surface area (Å²) in [4.78, 5) is 42.8. The maximum atomic E-state index is 12.9. The lowest BCUT2D eigenvalue weighted by Crippen LogP contribution is -2.43. The van der Waals surface area contributed by atoms with Gasteiger partial charge in [0, 0.05) is 0 Å². The van der Waals surface area contributed by atoms with Gasteiger partial charge in [0.25, 0.3) is 5.91 Å². The molecule has 0 spiro atoms. The molecule has 0 saturated carbocycles. The molecule has 31 heavy (non-hydrogen) atoms. The van der Waals surface area contributed by atoms with Gasteiger partial charge in [-0.2, -0.15) is 5.10 Å². The third kappa shape index (κ3) is 3.89. The normalized spacial score (nSPS) is 19.2. The number of rotatable bonds is 6. The van der Waals surface area contributed by atoms with Crippen molar-refractivity contribution in [2.75, 3.05) is 6.54 Å². The average molecular weight is 418 g/mol. The Hall–Kier alpha value is -4.01. The van der Waals surface area contributed by atoms with Gasteiger partial charge in [0.05, 0.1) is 11.7 Å². The maximum Gasteiger partial charge on any atom is 0.325 e. The molecule has 1 aliphatic rings. The van der Waals surface area contributed by atoms with Crippen LogP contribution in [0.4, 0.5) is 4.79 Å². The zero-order valence-corrected chi connectivity index (χ0v) is 17.1. The van der Waals surface area contributed by atoms with Crippen molar-refractivity contribution in [1.29, 1.82) is 0 Å². The minimum atomic E-state index is -1.19. The molecule has 0 unspecified atom stereocenters. The quantitative estimate of drug-likeness (QED) is 0.595. The van der Waals surface area contributed by atoms with E-state index in [1.165, 1.54) is 6.33 Å². The topological polar surface area (TPSA) is 109 Å². The second kappa shape index (κ2) is 8.02. The van der Waals surface area contributed by atoms with Crippen LogP contribution in [0.5, 0.6) is 0 Å². The van der Waals surface area contributed by atoms with Gasteiger partial charge < -0.3 is 10.6 Å². The van der Waals surface area contributed by atoms with Crippen molar-refractivity contribution < 1.29 is 14.4 Å². The van der Waals surface area contributed by atoms with Gasteiger partial charge >= 0.3 is 6.03 Å². The van der Waals surface area contributed by atoms with Crippen LogP contribution in [0.25, 0.3) is 5.69 Å². The number of urea groups is 1. The lowest BCUT2D eigenvalue weighted by molar-refractivity contribution is -0.135. The molecule has 1 aromatic heterocycles. The number of amides is 4. The summed E-state index contributed by atoms with van der Waals surface area (Å²) < 4.78 is 1.63. The standard InChI is InChI=1S/C22H22N6O3/c1-15(16-8-10-18(11-9-16)28-14-23-13-24-28)25-19(29)12-27-20(30)22(2,26-21(27)31)17-6-4-3-5-7-17/h3-11,13-15H,12H2,1-2H3,(H,25,29)(H,26,31)/t15-,22-/m1/s1. The van der Waals surface area contributed by atoms with E-state index in [-0.39, 0.29) is 12.6 Å². The van der Waals surface area contributed by atoms with E-state index in [1.807, 2.05) is 37.3 Å². The van der Waals surface area contributed by atoms with E-state index in [1.54, 1.807) is 42.2 Å². The monoisotopic (exact) mass is 418 g/mol. The van der Waals surface area contributed by atoms with Crippen LogP contribution in [0, 0.1) is 0 Å². The van der Waals surface area contributed by atoms with Gasteiger partial charge in [0.2, 0.25) is 5.91 Å². The van der Waals surface area contributed by atoms with Crippen molar-refractivity contribution >= 4 is 17.8 Å². The Balaban J connectivity index is 1.40. The molecule has 0 bridgehead atoms. The average Bonchev–Trinajstić information content (AvgIpc) is 3.38. The van der Waals surface area contributed by atoms with Gasteiger partial charge in [-0.3, -0.25) is 14.5 Å². The van der Waals surface area contributed by atoms with Crippen molar-refractivity contribution in [3.05, 3.63) is 78.4 Å².